The first-order chi connectivity index (χ1) is 6.29. The maximum atomic E-state index is 5.53. The first-order valence-electron chi connectivity index (χ1n) is 4.49. The highest BCUT2D eigenvalue weighted by Crippen LogP contribution is 2.39. The summed E-state index contributed by atoms with van der Waals surface area (Å²) in [7, 11) is 0. The van der Waals surface area contributed by atoms with E-state index in [0.29, 0.717) is 6.04 Å². The Morgan fingerprint density at radius 1 is 1.69 bits per heavy atom. The van der Waals surface area contributed by atoms with Crippen molar-refractivity contribution >= 4 is 27.3 Å². The van der Waals surface area contributed by atoms with Crippen LogP contribution in [0.25, 0.3) is 0 Å². The van der Waals surface area contributed by atoms with Crippen LogP contribution in [0.5, 0.6) is 0 Å². The van der Waals surface area contributed by atoms with Gasteiger partial charge in [-0.1, -0.05) is 12.8 Å². The molecule has 0 aliphatic heterocycles. The Bertz CT molecular complexity index is 283. The lowest BCUT2D eigenvalue weighted by Gasteiger charge is -2.12. The molecule has 1 aromatic heterocycles. The van der Waals surface area contributed by atoms with Gasteiger partial charge < -0.3 is 0 Å². The number of thiophene rings is 1. The van der Waals surface area contributed by atoms with Gasteiger partial charge in [-0.05, 0) is 34.3 Å². The zero-order chi connectivity index (χ0) is 9.26. The van der Waals surface area contributed by atoms with Gasteiger partial charge in [0.25, 0.3) is 0 Å². The first-order valence-corrected chi connectivity index (χ1v) is 6.17. The molecule has 0 amide bonds. The number of halogens is 1. The van der Waals surface area contributed by atoms with E-state index in [1.807, 2.05) is 0 Å². The van der Waals surface area contributed by atoms with Crippen molar-refractivity contribution in [3.05, 3.63) is 20.8 Å². The summed E-state index contributed by atoms with van der Waals surface area (Å²) in [6.45, 7) is 0. The third kappa shape index (κ3) is 2.53. The molecule has 0 bridgehead atoms. The molecule has 4 heteroatoms. The van der Waals surface area contributed by atoms with E-state index in [0.717, 1.165) is 10.4 Å². The largest absolute Gasteiger partial charge is 0.271 e. The van der Waals surface area contributed by atoms with Crippen molar-refractivity contribution in [1.29, 1.82) is 0 Å². The summed E-state index contributed by atoms with van der Waals surface area (Å²) in [6, 6.07) is 2.50. The summed E-state index contributed by atoms with van der Waals surface area (Å²) in [5.74, 6) is 6.44. The average molecular weight is 261 g/mol. The summed E-state index contributed by atoms with van der Waals surface area (Å²) in [5, 5.41) is 2.10. The molecule has 1 aliphatic carbocycles. The third-order valence-electron chi connectivity index (χ3n) is 2.40. The predicted octanol–water partition coefficient (Wildman–Crippen LogP) is 2.82. The van der Waals surface area contributed by atoms with Gasteiger partial charge in [0.05, 0.1) is 6.04 Å². The molecule has 72 valence electrons. The standard InChI is InChI=1S/C9H13BrN2S/c10-7-4-9(13-5-7)8(12-11)3-6-1-2-6/h4-6,8,12H,1-3,11H2. The van der Waals surface area contributed by atoms with Crippen LogP contribution in [0, 0.1) is 5.92 Å². The molecule has 1 aliphatic rings. The van der Waals surface area contributed by atoms with E-state index in [4.69, 9.17) is 5.84 Å². The summed E-state index contributed by atoms with van der Waals surface area (Å²) >= 11 is 5.22. The Kier molecular flexibility index (Phi) is 3.03. The van der Waals surface area contributed by atoms with Crippen LogP contribution in [-0.2, 0) is 0 Å². The van der Waals surface area contributed by atoms with Crippen LogP contribution in [0.3, 0.4) is 0 Å². The van der Waals surface area contributed by atoms with Gasteiger partial charge in [0, 0.05) is 14.7 Å². The molecule has 3 N–H and O–H groups in total. The van der Waals surface area contributed by atoms with Crippen LogP contribution in [0.2, 0.25) is 0 Å². The van der Waals surface area contributed by atoms with Crippen LogP contribution in [0.4, 0.5) is 0 Å². The normalized spacial score (nSPS) is 18.9. The number of nitrogens with two attached hydrogens (primary N) is 1. The lowest BCUT2D eigenvalue weighted by Crippen LogP contribution is -2.27. The smallest absolute Gasteiger partial charge is 0.0556 e. The number of nitrogens with one attached hydrogen (secondary N) is 1. The van der Waals surface area contributed by atoms with Crippen molar-refractivity contribution in [2.24, 2.45) is 11.8 Å². The van der Waals surface area contributed by atoms with Crippen molar-refractivity contribution in [3.63, 3.8) is 0 Å². The van der Waals surface area contributed by atoms with E-state index in [-0.39, 0.29) is 0 Å². The molecule has 0 saturated heterocycles. The summed E-state index contributed by atoms with van der Waals surface area (Å²) in [5.41, 5.74) is 2.89. The average Bonchev–Trinajstić information content (AvgIpc) is 2.84. The summed E-state index contributed by atoms with van der Waals surface area (Å²) in [4.78, 5) is 1.33. The molecule has 2 nitrogen and oxygen atoms in total. The maximum Gasteiger partial charge on any atom is 0.0556 e. The Hall–Kier alpha value is 0.1000. The van der Waals surface area contributed by atoms with E-state index in [9.17, 15) is 0 Å². The van der Waals surface area contributed by atoms with E-state index in [1.165, 1.54) is 24.1 Å². The summed E-state index contributed by atoms with van der Waals surface area (Å²) in [6.07, 6.45) is 3.94. The van der Waals surface area contributed by atoms with Gasteiger partial charge in [-0.15, -0.1) is 11.3 Å². The number of hydrogen-bond donors (Lipinski definition) is 2. The molecule has 1 saturated carbocycles. The van der Waals surface area contributed by atoms with Gasteiger partial charge in [-0.3, -0.25) is 11.3 Å². The highest BCUT2D eigenvalue weighted by molar-refractivity contribution is 9.10. The topological polar surface area (TPSA) is 38.0 Å². The molecule has 0 spiro atoms. The maximum absolute atomic E-state index is 5.53. The van der Waals surface area contributed by atoms with Crippen LogP contribution < -0.4 is 11.3 Å². The van der Waals surface area contributed by atoms with Crippen molar-refractivity contribution in [3.8, 4) is 0 Å². The second kappa shape index (κ2) is 4.09. The van der Waals surface area contributed by atoms with E-state index < -0.39 is 0 Å². The van der Waals surface area contributed by atoms with Crippen LogP contribution in [-0.4, -0.2) is 0 Å². The summed E-state index contributed by atoms with van der Waals surface area (Å²) < 4.78 is 1.16. The first kappa shape index (κ1) is 9.65. The van der Waals surface area contributed by atoms with Crippen molar-refractivity contribution in [2.45, 2.75) is 25.3 Å². The van der Waals surface area contributed by atoms with Crippen LogP contribution in [0.1, 0.15) is 30.2 Å². The molecule has 1 aromatic rings. The zero-order valence-electron chi connectivity index (χ0n) is 7.29. The SMILES string of the molecule is NNC(CC1CC1)c1cc(Br)cs1. The predicted molar refractivity (Wildman–Crippen MR) is 59.4 cm³/mol. The minimum Gasteiger partial charge on any atom is -0.271 e. The molecule has 0 radical (unpaired) electrons. The van der Waals surface area contributed by atoms with Gasteiger partial charge >= 0.3 is 0 Å². The van der Waals surface area contributed by atoms with E-state index in [1.54, 1.807) is 11.3 Å². The monoisotopic (exact) mass is 260 g/mol. The Morgan fingerprint density at radius 2 is 2.46 bits per heavy atom. The fourth-order valence-electron chi connectivity index (χ4n) is 1.46. The lowest BCUT2D eigenvalue weighted by molar-refractivity contribution is 0.494. The number of rotatable bonds is 4. The van der Waals surface area contributed by atoms with Gasteiger partial charge in [-0.2, -0.15) is 0 Å². The molecular weight excluding hydrogens is 248 g/mol. The van der Waals surface area contributed by atoms with Crippen molar-refractivity contribution < 1.29 is 0 Å². The highest BCUT2D eigenvalue weighted by Gasteiger charge is 2.26. The Morgan fingerprint density at radius 3 is 2.92 bits per heavy atom. The van der Waals surface area contributed by atoms with Crippen LogP contribution >= 0.6 is 27.3 Å². The highest BCUT2D eigenvalue weighted by atomic mass is 79.9. The molecule has 1 heterocycles. The molecule has 13 heavy (non-hydrogen) atoms. The van der Waals surface area contributed by atoms with E-state index in [2.05, 4.69) is 32.8 Å². The molecule has 1 atom stereocenters. The Balaban J connectivity index is 2.01. The minimum absolute atomic E-state index is 0.351. The number of hydrogen-bond acceptors (Lipinski definition) is 3. The van der Waals surface area contributed by atoms with E-state index >= 15 is 0 Å². The Labute approximate surface area is 90.6 Å². The second-order valence-corrected chi connectivity index (χ2v) is 5.42. The van der Waals surface area contributed by atoms with Gasteiger partial charge in [0.2, 0.25) is 0 Å². The molecule has 2 rings (SSSR count). The zero-order valence-corrected chi connectivity index (χ0v) is 9.70. The van der Waals surface area contributed by atoms with Crippen molar-refractivity contribution in [2.75, 3.05) is 0 Å². The van der Waals surface area contributed by atoms with Crippen molar-refractivity contribution in [1.82, 2.24) is 5.43 Å². The lowest BCUT2D eigenvalue weighted by atomic mass is 10.1. The fourth-order valence-corrected chi connectivity index (χ4v) is 2.98. The third-order valence-corrected chi connectivity index (χ3v) is 4.21. The van der Waals surface area contributed by atoms with Gasteiger partial charge in [0.1, 0.15) is 0 Å². The molecule has 0 aromatic carbocycles. The fraction of sp³-hybridized carbons (Fsp3) is 0.556. The second-order valence-electron chi connectivity index (χ2n) is 3.57. The molecular formula is C9H13BrN2S. The van der Waals surface area contributed by atoms with Crippen LogP contribution in [0.15, 0.2) is 15.9 Å². The molecule has 1 fully saturated rings. The van der Waals surface area contributed by atoms with Gasteiger partial charge in [-0.25, -0.2) is 0 Å². The van der Waals surface area contributed by atoms with Gasteiger partial charge in [0.15, 0.2) is 0 Å². The quantitative estimate of drug-likeness (QED) is 0.646. The minimum atomic E-state index is 0.351. The molecule has 1 unspecified atom stereocenters. The number of hydrazine groups is 1.